The first-order chi connectivity index (χ1) is 15.0. The van der Waals surface area contributed by atoms with Crippen molar-refractivity contribution in [2.24, 2.45) is 0 Å². The SMILES string of the molecule is CCOC(=O)c1ccccc1NC(=S)NC(NC(=O)c1ccc([N+](=O)[O-])cc1)C(Cl)(Cl)Cl. The predicted molar refractivity (Wildman–Crippen MR) is 126 cm³/mol. The largest absolute Gasteiger partial charge is 0.462 e. The van der Waals surface area contributed by atoms with Crippen molar-refractivity contribution >= 4 is 75.4 Å². The van der Waals surface area contributed by atoms with Gasteiger partial charge in [0.15, 0.2) is 5.11 Å². The van der Waals surface area contributed by atoms with Gasteiger partial charge >= 0.3 is 5.97 Å². The van der Waals surface area contributed by atoms with Gasteiger partial charge in [0.25, 0.3) is 11.6 Å². The molecule has 0 bridgehead atoms. The molecule has 2 aromatic rings. The molecule has 0 spiro atoms. The van der Waals surface area contributed by atoms with E-state index >= 15 is 0 Å². The highest BCUT2D eigenvalue weighted by Gasteiger charge is 2.35. The number of rotatable bonds is 7. The molecule has 2 rings (SSSR count). The molecule has 170 valence electrons. The van der Waals surface area contributed by atoms with Crippen molar-refractivity contribution in [1.29, 1.82) is 0 Å². The number of para-hydroxylation sites is 1. The third-order valence-electron chi connectivity index (χ3n) is 3.89. The van der Waals surface area contributed by atoms with Crippen LogP contribution in [0.1, 0.15) is 27.6 Å². The number of nitro benzene ring substituents is 1. The highest BCUT2D eigenvalue weighted by atomic mass is 35.6. The second-order valence-corrected chi connectivity index (χ2v) is 8.89. The van der Waals surface area contributed by atoms with E-state index in [1.807, 2.05) is 0 Å². The Morgan fingerprint density at radius 2 is 1.75 bits per heavy atom. The van der Waals surface area contributed by atoms with Gasteiger partial charge < -0.3 is 20.7 Å². The number of thiocarbonyl (C=S) groups is 1. The second-order valence-electron chi connectivity index (χ2n) is 6.12. The quantitative estimate of drug-likeness (QED) is 0.124. The van der Waals surface area contributed by atoms with E-state index in [9.17, 15) is 19.7 Å². The molecule has 2 aromatic carbocycles. The maximum absolute atomic E-state index is 12.5. The van der Waals surface area contributed by atoms with E-state index < -0.39 is 26.8 Å². The molecular weight excluding hydrogens is 503 g/mol. The van der Waals surface area contributed by atoms with E-state index in [4.69, 9.17) is 51.8 Å². The van der Waals surface area contributed by atoms with Crippen LogP contribution in [0.3, 0.4) is 0 Å². The zero-order valence-electron chi connectivity index (χ0n) is 16.4. The smallest absolute Gasteiger partial charge is 0.340 e. The predicted octanol–water partition coefficient (Wildman–Crippen LogP) is 4.18. The van der Waals surface area contributed by atoms with Crippen molar-refractivity contribution < 1.29 is 19.2 Å². The van der Waals surface area contributed by atoms with E-state index in [0.29, 0.717) is 5.69 Å². The molecule has 0 aromatic heterocycles. The first kappa shape index (κ1) is 25.6. The van der Waals surface area contributed by atoms with Gasteiger partial charge in [-0.25, -0.2) is 4.79 Å². The lowest BCUT2D eigenvalue weighted by molar-refractivity contribution is -0.384. The van der Waals surface area contributed by atoms with Crippen LogP contribution < -0.4 is 16.0 Å². The van der Waals surface area contributed by atoms with Crippen molar-refractivity contribution in [3.63, 3.8) is 0 Å². The lowest BCUT2D eigenvalue weighted by Gasteiger charge is -2.28. The number of non-ortho nitro benzene ring substituents is 1. The summed E-state index contributed by atoms with van der Waals surface area (Å²) in [6, 6.07) is 11.3. The number of alkyl halides is 3. The number of carbonyl (C=O) groups excluding carboxylic acids is 2. The van der Waals surface area contributed by atoms with Gasteiger partial charge in [-0.05, 0) is 43.4 Å². The Hall–Kier alpha value is -2.66. The molecule has 1 atom stereocenters. The number of hydrogen-bond acceptors (Lipinski definition) is 6. The minimum atomic E-state index is -2.02. The molecule has 9 nitrogen and oxygen atoms in total. The van der Waals surface area contributed by atoms with Crippen molar-refractivity contribution in [1.82, 2.24) is 10.6 Å². The number of ether oxygens (including phenoxy) is 1. The van der Waals surface area contributed by atoms with Gasteiger partial charge in [-0.2, -0.15) is 0 Å². The van der Waals surface area contributed by atoms with Gasteiger partial charge in [0, 0.05) is 17.7 Å². The summed E-state index contributed by atoms with van der Waals surface area (Å²) in [6.45, 7) is 1.87. The van der Waals surface area contributed by atoms with E-state index in [2.05, 4.69) is 16.0 Å². The van der Waals surface area contributed by atoms with Crippen molar-refractivity contribution in [2.75, 3.05) is 11.9 Å². The monoisotopic (exact) mass is 518 g/mol. The van der Waals surface area contributed by atoms with Crippen molar-refractivity contribution in [2.45, 2.75) is 16.9 Å². The topological polar surface area (TPSA) is 123 Å². The molecule has 0 saturated heterocycles. The number of nitro groups is 1. The molecule has 1 unspecified atom stereocenters. The summed E-state index contributed by atoms with van der Waals surface area (Å²) in [5.74, 6) is -1.22. The lowest BCUT2D eigenvalue weighted by Crippen LogP contribution is -2.56. The van der Waals surface area contributed by atoms with Crippen molar-refractivity contribution in [3.8, 4) is 0 Å². The van der Waals surface area contributed by atoms with Crippen molar-refractivity contribution in [3.05, 3.63) is 69.8 Å². The minimum Gasteiger partial charge on any atom is -0.462 e. The Kier molecular flexibility index (Phi) is 9.02. The van der Waals surface area contributed by atoms with Crippen LogP contribution in [0.15, 0.2) is 48.5 Å². The van der Waals surface area contributed by atoms with E-state index in [-0.39, 0.29) is 28.5 Å². The van der Waals surface area contributed by atoms with Gasteiger partial charge in [0.05, 0.1) is 22.8 Å². The number of anilines is 1. The van der Waals surface area contributed by atoms with E-state index in [0.717, 1.165) is 0 Å². The number of carbonyl (C=O) groups is 2. The molecule has 0 radical (unpaired) electrons. The van der Waals surface area contributed by atoms with Gasteiger partial charge in [0.2, 0.25) is 3.79 Å². The Balaban J connectivity index is 2.13. The highest BCUT2D eigenvalue weighted by molar-refractivity contribution is 7.80. The highest BCUT2D eigenvalue weighted by Crippen LogP contribution is 2.29. The zero-order valence-corrected chi connectivity index (χ0v) is 19.5. The summed E-state index contributed by atoms with van der Waals surface area (Å²) in [7, 11) is 0. The Morgan fingerprint density at radius 1 is 1.12 bits per heavy atom. The molecule has 0 aliphatic carbocycles. The number of nitrogens with zero attached hydrogens (tertiary/aromatic N) is 1. The summed E-state index contributed by atoms with van der Waals surface area (Å²) >= 11 is 23.1. The summed E-state index contributed by atoms with van der Waals surface area (Å²) in [4.78, 5) is 34.8. The normalized spacial score (nSPS) is 11.8. The molecule has 32 heavy (non-hydrogen) atoms. The van der Waals surface area contributed by atoms with Crippen LogP contribution in [0.25, 0.3) is 0 Å². The van der Waals surface area contributed by atoms with Crippen LogP contribution in [0.5, 0.6) is 0 Å². The van der Waals surface area contributed by atoms with Gasteiger partial charge in [0.1, 0.15) is 6.17 Å². The van der Waals surface area contributed by atoms with Crippen LogP contribution in [0, 0.1) is 10.1 Å². The molecular formula is C19H17Cl3N4O5S. The first-order valence-corrected chi connectivity index (χ1v) is 10.5. The summed E-state index contributed by atoms with van der Waals surface area (Å²) < 4.78 is 2.98. The Labute approximate surface area is 203 Å². The number of benzene rings is 2. The van der Waals surface area contributed by atoms with E-state index in [1.165, 1.54) is 24.3 Å². The summed E-state index contributed by atoms with van der Waals surface area (Å²) in [5, 5.41) is 18.6. The number of halogens is 3. The second kappa shape index (κ2) is 11.3. The van der Waals surface area contributed by atoms with Gasteiger partial charge in [-0.3, -0.25) is 14.9 Å². The summed E-state index contributed by atoms with van der Waals surface area (Å²) in [5.41, 5.74) is 0.499. The molecule has 0 heterocycles. The number of hydrogen-bond donors (Lipinski definition) is 3. The molecule has 0 saturated carbocycles. The zero-order chi connectivity index (χ0) is 23.9. The molecule has 0 aliphatic heterocycles. The third-order valence-corrected chi connectivity index (χ3v) is 4.76. The standard InChI is InChI=1S/C19H17Cl3N4O5S/c1-2-31-16(28)13-5-3-4-6-14(13)23-18(32)25-17(19(20,21)22)24-15(27)11-7-9-12(10-8-11)26(29)30/h3-10,17H,2H2,1H3,(H,24,27)(H2,23,25,32). The average Bonchev–Trinajstić information content (AvgIpc) is 2.73. The molecule has 0 aliphatic rings. The maximum Gasteiger partial charge on any atom is 0.340 e. The number of amides is 1. The molecule has 1 amide bonds. The fourth-order valence-corrected chi connectivity index (χ4v) is 2.97. The Morgan fingerprint density at radius 3 is 2.31 bits per heavy atom. The minimum absolute atomic E-state index is 0.0536. The number of esters is 1. The lowest BCUT2D eigenvalue weighted by atomic mass is 10.2. The third kappa shape index (κ3) is 7.20. The van der Waals surface area contributed by atoms with Crippen LogP contribution in [-0.4, -0.2) is 38.5 Å². The van der Waals surface area contributed by atoms with Crippen LogP contribution in [0.4, 0.5) is 11.4 Å². The average molecular weight is 520 g/mol. The van der Waals surface area contributed by atoms with Gasteiger partial charge in [-0.1, -0.05) is 46.9 Å². The number of nitrogens with one attached hydrogen (secondary N) is 3. The van der Waals surface area contributed by atoms with Crippen LogP contribution >= 0.6 is 47.0 Å². The fraction of sp³-hybridized carbons (Fsp3) is 0.211. The molecule has 0 fully saturated rings. The fourth-order valence-electron chi connectivity index (χ4n) is 2.42. The summed E-state index contributed by atoms with van der Waals surface area (Å²) in [6.07, 6.45) is -1.29. The Bertz CT molecular complexity index is 1010. The van der Waals surface area contributed by atoms with E-state index in [1.54, 1.807) is 31.2 Å². The maximum atomic E-state index is 12.5. The van der Waals surface area contributed by atoms with Crippen LogP contribution in [0.2, 0.25) is 0 Å². The van der Waals surface area contributed by atoms with Gasteiger partial charge in [-0.15, -0.1) is 0 Å². The van der Waals surface area contributed by atoms with Crippen LogP contribution in [-0.2, 0) is 4.74 Å². The molecule has 13 heteroatoms. The molecule has 3 N–H and O–H groups in total. The first-order valence-electron chi connectivity index (χ1n) is 8.98.